The number of fused-ring (bicyclic) bond motifs is 1. The van der Waals surface area contributed by atoms with Crippen LogP contribution < -0.4 is 16.0 Å². The van der Waals surface area contributed by atoms with Crippen LogP contribution in [-0.2, 0) is 17.6 Å². The summed E-state index contributed by atoms with van der Waals surface area (Å²) in [5, 5.41) is 13.5. The molecule has 138 valence electrons. The predicted molar refractivity (Wildman–Crippen MR) is 104 cm³/mol. The van der Waals surface area contributed by atoms with Crippen molar-refractivity contribution >= 4 is 22.2 Å². The lowest BCUT2D eigenvalue weighted by atomic mass is 10.1. The second kappa shape index (κ2) is 9.79. The molecule has 1 unspecified atom stereocenters. The highest BCUT2D eigenvalue weighted by Crippen LogP contribution is 2.41. The number of nitrogens with two attached hydrogens (primary N) is 1. The Balaban J connectivity index is 0.000000192. The van der Waals surface area contributed by atoms with Crippen molar-refractivity contribution in [2.45, 2.75) is 64.8 Å². The standard InChI is InChI=1S/C12H14N2S.C5H10N2O.C2H6/c13-8-10-9-4-3-5-11(9)15-12(10)14-6-1-2-7-14;6-5(8)4-2-1-3-7-4;1-2/h1-7H2;4,7H,1-3H2,(H2,6,8);1-2H3. The molecule has 0 aromatic carbocycles. The zero-order valence-electron chi connectivity index (χ0n) is 15.4. The number of thiophene rings is 1. The fourth-order valence-corrected chi connectivity index (χ4v) is 4.97. The first-order valence-corrected chi connectivity index (χ1v) is 10.3. The van der Waals surface area contributed by atoms with E-state index in [1.807, 2.05) is 25.2 Å². The van der Waals surface area contributed by atoms with E-state index >= 15 is 0 Å². The minimum atomic E-state index is -0.220. The first-order valence-electron chi connectivity index (χ1n) is 9.53. The first-order chi connectivity index (χ1) is 12.2. The maximum atomic E-state index is 10.4. The number of nitrogens with zero attached hydrogens (tertiary/aromatic N) is 2. The fraction of sp³-hybridized carbons (Fsp3) is 0.684. The lowest BCUT2D eigenvalue weighted by Gasteiger charge is -2.15. The number of anilines is 1. The normalized spacial score (nSPS) is 20.8. The molecule has 2 aliphatic heterocycles. The van der Waals surface area contributed by atoms with Gasteiger partial charge in [0.2, 0.25) is 5.91 Å². The van der Waals surface area contributed by atoms with Gasteiger partial charge in [0.15, 0.2) is 0 Å². The van der Waals surface area contributed by atoms with Gasteiger partial charge in [-0.2, -0.15) is 5.26 Å². The smallest absolute Gasteiger partial charge is 0.234 e. The molecule has 3 N–H and O–H groups in total. The average Bonchev–Trinajstić information content (AvgIpc) is 3.41. The van der Waals surface area contributed by atoms with Crippen molar-refractivity contribution in [3.05, 3.63) is 16.0 Å². The molecule has 4 rings (SSSR count). The van der Waals surface area contributed by atoms with Crippen LogP contribution in [0.15, 0.2) is 0 Å². The summed E-state index contributed by atoms with van der Waals surface area (Å²) in [4.78, 5) is 14.2. The molecule has 5 nitrogen and oxygen atoms in total. The molecule has 0 radical (unpaired) electrons. The zero-order valence-corrected chi connectivity index (χ0v) is 16.3. The SMILES string of the molecule is CC.N#Cc1c(N2CCCC2)sc2c1CCC2.NC(=O)C1CCCN1. The summed E-state index contributed by atoms with van der Waals surface area (Å²) < 4.78 is 0. The molecule has 3 aliphatic rings. The van der Waals surface area contributed by atoms with Gasteiger partial charge in [-0.05, 0) is 57.1 Å². The summed E-state index contributed by atoms with van der Waals surface area (Å²) in [5.41, 5.74) is 7.36. The molecule has 1 amide bonds. The van der Waals surface area contributed by atoms with Gasteiger partial charge in [0.05, 0.1) is 11.6 Å². The fourth-order valence-electron chi connectivity index (χ4n) is 3.58. The molecule has 0 bridgehead atoms. The monoisotopic (exact) mass is 362 g/mol. The quantitative estimate of drug-likeness (QED) is 0.847. The summed E-state index contributed by atoms with van der Waals surface area (Å²) in [7, 11) is 0. The number of rotatable bonds is 2. The largest absolute Gasteiger partial charge is 0.368 e. The lowest BCUT2D eigenvalue weighted by Crippen LogP contribution is -2.36. The molecule has 6 heteroatoms. The van der Waals surface area contributed by atoms with Gasteiger partial charge in [0.25, 0.3) is 0 Å². The first kappa shape index (κ1) is 19.7. The predicted octanol–water partition coefficient (Wildman–Crippen LogP) is 2.96. The highest BCUT2D eigenvalue weighted by Gasteiger charge is 2.26. The number of aryl methyl sites for hydroxylation is 1. The van der Waals surface area contributed by atoms with Crippen LogP contribution in [-0.4, -0.2) is 31.6 Å². The van der Waals surface area contributed by atoms with Crippen molar-refractivity contribution in [2.75, 3.05) is 24.5 Å². The van der Waals surface area contributed by atoms with Crippen LogP contribution in [0, 0.1) is 11.3 Å². The maximum absolute atomic E-state index is 10.4. The van der Waals surface area contributed by atoms with Crippen LogP contribution >= 0.6 is 11.3 Å². The van der Waals surface area contributed by atoms with Crippen molar-refractivity contribution in [2.24, 2.45) is 5.73 Å². The molecule has 1 aliphatic carbocycles. The zero-order chi connectivity index (χ0) is 18.2. The van der Waals surface area contributed by atoms with Crippen LogP contribution in [0.25, 0.3) is 0 Å². The number of hydrogen-bond acceptors (Lipinski definition) is 5. The van der Waals surface area contributed by atoms with Crippen molar-refractivity contribution < 1.29 is 4.79 Å². The van der Waals surface area contributed by atoms with Gasteiger partial charge in [-0.15, -0.1) is 11.3 Å². The van der Waals surface area contributed by atoms with E-state index in [1.165, 1.54) is 41.1 Å². The Morgan fingerprint density at radius 3 is 2.48 bits per heavy atom. The Morgan fingerprint density at radius 1 is 1.24 bits per heavy atom. The minimum Gasteiger partial charge on any atom is -0.368 e. The Hall–Kier alpha value is -1.58. The molecule has 1 aromatic rings. The van der Waals surface area contributed by atoms with Crippen LogP contribution in [0.2, 0.25) is 0 Å². The molecule has 2 fully saturated rings. The highest BCUT2D eigenvalue weighted by atomic mass is 32.1. The summed E-state index contributed by atoms with van der Waals surface area (Å²) >= 11 is 1.87. The molecular formula is C19H30N4OS. The van der Waals surface area contributed by atoms with E-state index in [4.69, 9.17) is 5.73 Å². The molecule has 1 aromatic heterocycles. The molecule has 2 saturated heterocycles. The van der Waals surface area contributed by atoms with Crippen LogP contribution in [0.4, 0.5) is 5.00 Å². The Morgan fingerprint density at radius 2 is 1.96 bits per heavy atom. The third-order valence-electron chi connectivity index (χ3n) is 4.81. The molecule has 1 atom stereocenters. The average molecular weight is 363 g/mol. The Kier molecular flexibility index (Phi) is 7.73. The summed E-state index contributed by atoms with van der Waals surface area (Å²) in [6, 6.07) is 2.38. The van der Waals surface area contributed by atoms with Gasteiger partial charge in [-0.25, -0.2) is 0 Å². The van der Waals surface area contributed by atoms with Crippen LogP contribution in [0.1, 0.15) is 62.0 Å². The Bertz CT molecular complexity index is 608. The van der Waals surface area contributed by atoms with E-state index in [0.29, 0.717) is 0 Å². The van der Waals surface area contributed by atoms with Crippen molar-refractivity contribution in [3.63, 3.8) is 0 Å². The summed E-state index contributed by atoms with van der Waals surface area (Å²) in [5.74, 6) is -0.220. The van der Waals surface area contributed by atoms with E-state index in [0.717, 1.165) is 44.5 Å². The maximum Gasteiger partial charge on any atom is 0.234 e. The summed E-state index contributed by atoms with van der Waals surface area (Å²) in [6.45, 7) is 7.23. The number of carbonyl (C=O) groups excluding carboxylic acids is 1. The van der Waals surface area contributed by atoms with Gasteiger partial charge in [0.1, 0.15) is 11.1 Å². The molecule has 25 heavy (non-hydrogen) atoms. The van der Waals surface area contributed by atoms with E-state index in [9.17, 15) is 10.1 Å². The van der Waals surface area contributed by atoms with E-state index in [1.54, 1.807) is 0 Å². The van der Waals surface area contributed by atoms with E-state index in [-0.39, 0.29) is 11.9 Å². The second-order valence-corrected chi connectivity index (χ2v) is 7.48. The molecule has 0 saturated carbocycles. The van der Waals surface area contributed by atoms with Gasteiger partial charge in [-0.1, -0.05) is 13.8 Å². The number of hydrogen-bond donors (Lipinski definition) is 2. The third-order valence-corrected chi connectivity index (χ3v) is 6.16. The van der Waals surface area contributed by atoms with Crippen LogP contribution in [0.5, 0.6) is 0 Å². The highest BCUT2D eigenvalue weighted by molar-refractivity contribution is 7.16. The topological polar surface area (TPSA) is 82.2 Å². The van der Waals surface area contributed by atoms with Gasteiger partial charge >= 0.3 is 0 Å². The van der Waals surface area contributed by atoms with Gasteiger partial charge in [0, 0.05) is 18.0 Å². The third kappa shape index (κ3) is 4.74. The van der Waals surface area contributed by atoms with Crippen LogP contribution in [0.3, 0.4) is 0 Å². The van der Waals surface area contributed by atoms with Crippen molar-refractivity contribution in [3.8, 4) is 6.07 Å². The Labute approximate surface area is 155 Å². The van der Waals surface area contributed by atoms with Gasteiger partial charge < -0.3 is 16.0 Å². The summed E-state index contributed by atoms with van der Waals surface area (Å²) in [6.07, 6.45) is 8.13. The van der Waals surface area contributed by atoms with Gasteiger partial charge in [-0.3, -0.25) is 4.79 Å². The minimum absolute atomic E-state index is 0.0463. The molecular weight excluding hydrogens is 332 g/mol. The number of carbonyl (C=O) groups is 1. The number of nitriles is 1. The molecule has 0 spiro atoms. The molecule has 3 heterocycles. The number of amides is 1. The number of nitrogens with one attached hydrogen (secondary N) is 1. The number of primary amides is 1. The van der Waals surface area contributed by atoms with Crippen molar-refractivity contribution in [1.29, 1.82) is 5.26 Å². The van der Waals surface area contributed by atoms with Crippen molar-refractivity contribution in [1.82, 2.24) is 5.32 Å². The van der Waals surface area contributed by atoms with E-state index < -0.39 is 0 Å². The lowest BCUT2D eigenvalue weighted by molar-refractivity contribution is -0.119. The second-order valence-electron chi connectivity index (χ2n) is 6.39. The van der Waals surface area contributed by atoms with E-state index in [2.05, 4.69) is 16.3 Å².